The lowest BCUT2D eigenvalue weighted by Gasteiger charge is -2.23. The van der Waals surface area contributed by atoms with Gasteiger partial charge < -0.3 is 10.6 Å². The maximum absolute atomic E-state index is 11.6. The summed E-state index contributed by atoms with van der Waals surface area (Å²) in [6.45, 7) is 0.717. The van der Waals surface area contributed by atoms with Gasteiger partial charge in [0.2, 0.25) is 5.91 Å². The molecule has 18 heavy (non-hydrogen) atoms. The van der Waals surface area contributed by atoms with Crippen LogP contribution in [0, 0.1) is 13.7 Å². The molecule has 1 atom stereocenters. The summed E-state index contributed by atoms with van der Waals surface area (Å²) < 4.78 is 0.554. The minimum absolute atomic E-state index is 0.0189. The fraction of sp³-hybridized carbons (Fsp3) is 0.364. The molecule has 2 N–H and O–H groups in total. The number of piperidine rings is 1. The van der Waals surface area contributed by atoms with Gasteiger partial charge in [-0.25, -0.2) is 0 Å². The summed E-state index contributed by atoms with van der Waals surface area (Å²) in [7, 11) is 0. The van der Waals surface area contributed by atoms with Crippen molar-refractivity contribution in [2.45, 2.75) is 18.9 Å². The number of carbonyl (C=O) groups excluding carboxylic acids is 1. The molecule has 0 bridgehead atoms. The third-order valence-electron chi connectivity index (χ3n) is 2.77. The Bertz CT molecular complexity index is 492. The maximum Gasteiger partial charge on any atom is 0.282 e. The highest BCUT2D eigenvalue weighted by Crippen LogP contribution is 2.25. The van der Waals surface area contributed by atoms with Crippen LogP contribution in [-0.2, 0) is 4.79 Å². The average Bonchev–Trinajstić information content (AvgIpc) is 2.32. The Labute approximate surface area is 117 Å². The molecule has 1 aromatic rings. The number of hydrogen-bond acceptors (Lipinski definition) is 4. The fourth-order valence-electron chi connectivity index (χ4n) is 1.86. The fourth-order valence-corrected chi connectivity index (χ4v) is 2.57. The lowest BCUT2D eigenvalue weighted by Crippen LogP contribution is -2.44. The molecule has 0 spiro atoms. The van der Waals surface area contributed by atoms with E-state index in [1.807, 2.05) is 22.6 Å². The molecule has 1 amide bonds. The Balaban J connectivity index is 2.12. The third-order valence-corrected chi connectivity index (χ3v) is 3.63. The number of halogens is 1. The standard InChI is InChI=1S/C11H12IN3O3/c12-8-6-7(3-4-10(8)15(17)18)14-9-2-1-5-13-11(9)16/h3-4,6,9,14H,1-2,5H2,(H,13,16). The Morgan fingerprint density at radius 3 is 2.89 bits per heavy atom. The van der Waals surface area contributed by atoms with Crippen molar-refractivity contribution in [3.8, 4) is 0 Å². The molecule has 6 nitrogen and oxygen atoms in total. The number of nitrogens with one attached hydrogen (secondary N) is 2. The Hall–Kier alpha value is -1.38. The highest BCUT2D eigenvalue weighted by Gasteiger charge is 2.22. The van der Waals surface area contributed by atoms with Crippen molar-refractivity contribution in [2.24, 2.45) is 0 Å². The molecule has 0 radical (unpaired) electrons. The number of nitro groups is 1. The molecular formula is C11H12IN3O3. The first-order valence-electron chi connectivity index (χ1n) is 5.56. The molecule has 1 heterocycles. The number of benzene rings is 1. The molecule has 0 aromatic heterocycles. The van der Waals surface area contributed by atoms with Crippen LogP contribution in [0.1, 0.15) is 12.8 Å². The van der Waals surface area contributed by atoms with Crippen LogP contribution < -0.4 is 10.6 Å². The zero-order valence-electron chi connectivity index (χ0n) is 9.48. The molecule has 1 unspecified atom stereocenters. The summed E-state index contributed by atoms with van der Waals surface area (Å²) in [6, 6.07) is 4.50. The van der Waals surface area contributed by atoms with Crippen molar-refractivity contribution in [1.29, 1.82) is 0 Å². The minimum atomic E-state index is -0.418. The van der Waals surface area contributed by atoms with Gasteiger partial charge in [0, 0.05) is 18.3 Å². The molecule has 1 aliphatic heterocycles. The van der Waals surface area contributed by atoms with E-state index in [1.165, 1.54) is 6.07 Å². The second kappa shape index (κ2) is 5.51. The Morgan fingerprint density at radius 2 is 2.28 bits per heavy atom. The van der Waals surface area contributed by atoms with Crippen molar-refractivity contribution in [1.82, 2.24) is 5.32 Å². The summed E-state index contributed by atoms with van der Waals surface area (Å²) in [5, 5.41) is 16.6. The zero-order valence-corrected chi connectivity index (χ0v) is 11.6. The molecule has 2 rings (SSSR count). The summed E-state index contributed by atoms with van der Waals surface area (Å²) in [4.78, 5) is 21.8. The molecular weight excluding hydrogens is 349 g/mol. The Kier molecular flexibility index (Phi) is 4.00. The van der Waals surface area contributed by atoms with Crippen LogP contribution in [0.3, 0.4) is 0 Å². The van der Waals surface area contributed by atoms with Gasteiger partial charge in [-0.1, -0.05) is 0 Å². The van der Waals surface area contributed by atoms with Gasteiger partial charge in [-0.3, -0.25) is 14.9 Å². The van der Waals surface area contributed by atoms with Gasteiger partial charge in [-0.2, -0.15) is 0 Å². The smallest absolute Gasteiger partial charge is 0.282 e. The van der Waals surface area contributed by atoms with E-state index in [2.05, 4.69) is 10.6 Å². The van der Waals surface area contributed by atoms with E-state index in [0.29, 0.717) is 3.57 Å². The van der Waals surface area contributed by atoms with Gasteiger partial charge in [0.15, 0.2) is 0 Å². The van der Waals surface area contributed by atoms with Crippen LogP contribution in [0.5, 0.6) is 0 Å². The van der Waals surface area contributed by atoms with Crippen molar-refractivity contribution in [3.63, 3.8) is 0 Å². The average molecular weight is 361 g/mol. The van der Waals surface area contributed by atoms with E-state index >= 15 is 0 Å². The van der Waals surface area contributed by atoms with Crippen LogP contribution in [0.15, 0.2) is 18.2 Å². The van der Waals surface area contributed by atoms with E-state index in [4.69, 9.17) is 0 Å². The topological polar surface area (TPSA) is 84.3 Å². The number of anilines is 1. The number of nitro benzene ring substituents is 1. The second-order valence-corrected chi connectivity index (χ2v) is 5.22. The van der Waals surface area contributed by atoms with Crippen LogP contribution in [0.4, 0.5) is 11.4 Å². The van der Waals surface area contributed by atoms with E-state index < -0.39 is 4.92 Å². The van der Waals surface area contributed by atoms with Crippen LogP contribution in [0.2, 0.25) is 0 Å². The summed E-state index contributed by atoms with van der Waals surface area (Å²) in [5.41, 5.74) is 0.807. The summed E-state index contributed by atoms with van der Waals surface area (Å²) in [6.07, 6.45) is 1.72. The van der Waals surface area contributed by atoms with Crippen molar-refractivity contribution < 1.29 is 9.72 Å². The van der Waals surface area contributed by atoms with Gasteiger partial charge >= 0.3 is 0 Å². The zero-order chi connectivity index (χ0) is 13.1. The number of rotatable bonds is 3. The van der Waals surface area contributed by atoms with E-state index in [-0.39, 0.29) is 17.6 Å². The SMILES string of the molecule is O=C1NCCCC1Nc1ccc([N+](=O)[O-])c(I)c1. The van der Waals surface area contributed by atoms with E-state index in [1.54, 1.807) is 12.1 Å². The monoisotopic (exact) mass is 361 g/mol. The molecule has 1 fully saturated rings. The molecule has 1 saturated heterocycles. The first kappa shape index (κ1) is 13.1. The maximum atomic E-state index is 11.6. The molecule has 96 valence electrons. The Morgan fingerprint density at radius 1 is 1.50 bits per heavy atom. The van der Waals surface area contributed by atoms with Gasteiger partial charge in [0.05, 0.1) is 8.49 Å². The highest BCUT2D eigenvalue weighted by molar-refractivity contribution is 14.1. The first-order valence-corrected chi connectivity index (χ1v) is 6.64. The number of amides is 1. The number of nitrogens with zero attached hydrogens (tertiary/aromatic N) is 1. The predicted molar refractivity (Wildman–Crippen MR) is 75.5 cm³/mol. The van der Waals surface area contributed by atoms with Crippen LogP contribution in [-0.4, -0.2) is 23.4 Å². The number of hydrogen-bond donors (Lipinski definition) is 2. The molecule has 1 aliphatic rings. The molecule has 0 saturated carbocycles. The van der Waals surface area contributed by atoms with Crippen LogP contribution >= 0.6 is 22.6 Å². The number of carbonyl (C=O) groups is 1. The van der Waals surface area contributed by atoms with Gasteiger partial charge in [-0.15, -0.1) is 0 Å². The quantitative estimate of drug-likeness (QED) is 0.489. The second-order valence-electron chi connectivity index (χ2n) is 4.05. The van der Waals surface area contributed by atoms with Gasteiger partial charge in [-0.05, 0) is 47.6 Å². The first-order chi connectivity index (χ1) is 8.58. The van der Waals surface area contributed by atoms with Gasteiger partial charge in [0.25, 0.3) is 5.69 Å². The van der Waals surface area contributed by atoms with Crippen LogP contribution in [0.25, 0.3) is 0 Å². The normalized spacial score (nSPS) is 19.2. The third kappa shape index (κ3) is 2.89. The van der Waals surface area contributed by atoms with E-state index in [0.717, 1.165) is 25.1 Å². The van der Waals surface area contributed by atoms with Crippen molar-refractivity contribution in [2.75, 3.05) is 11.9 Å². The van der Waals surface area contributed by atoms with Crippen molar-refractivity contribution >= 4 is 39.9 Å². The lowest BCUT2D eigenvalue weighted by atomic mass is 10.1. The highest BCUT2D eigenvalue weighted by atomic mass is 127. The summed E-state index contributed by atoms with van der Waals surface area (Å²) in [5.74, 6) is -0.0189. The predicted octanol–water partition coefficient (Wildman–Crippen LogP) is 1.89. The van der Waals surface area contributed by atoms with E-state index in [9.17, 15) is 14.9 Å². The van der Waals surface area contributed by atoms with Gasteiger partial charge in [0.1, 0.15) is 6.04 Å². The molecule has 0 aliphatic carbocycles. The largest absolute Gasteiger partial charge is 0.374 e. The molecule has 7 heteroatoms. The minimum Gasteiger partial charge on any atom is -0.374 e. The summed E-state index contributed by atoms with van der Waals surface area (Å²) >= 11 is 1.92. The van der Waals surface area contributed by atoms with Crippen molar-refractivity contribution in [3.05, 3.63) is 31.9 Å². The molecule has 1 aromatic carbocycles. The lowest BCUT2D eigenvalue weighted by molar-refractivity contribution is -0.385.